The first-order valence-corrected chi connectivity index (χ1v) is 8.67. The monoisotopic (exact) mass is 349 g/mol. The zero-order valence-electron chi connectivity index (χ0n) is 10.8. The van der Waals surface area contributed by atoms with Gasteiger partial charge in [-0.1, -0.05) is 13.3 Å². The van der Waals surface area contributed by atoms with Gasteiger partial charge in [-0.15, -0.1) is 0 Å². The molecule has 0 N–H and O–H groups in total. The normalized spacial score (nSPS) is 21.5. The van der Waals surface area contributed by atoms with Crippen LogP contribution in [0, 0.1) is 5.82 Å². The van der Waals surface area contributed by atoms with E-state index in [1.807, 2.05) is 6.92 Å². The molecule has 1 aliphatic rings. The zero-order chi connectivity index (χ0) is 14.0. The minimum Gasteiger partial charge on any atom is -0.207 e. The highest BCUT2D eigenvalue weighted by molar-refractivity contribution is 9.10. The number of piperidine rings is 1. The third-order valence-corrected chi connectivity index (χ3v) is 6.45. The third kappa shape index (κ3) is 3.01. The lowest BCUT2D eigenvalue weighted by Crippen LogP contribution is -2.43. The van der Waals surface area contributed by atoms with Crippen molar-refractivity contribution in [3.63, 3.8) is 0 Å². The van der Waals surface area contributed by atoms with Gasteiger partial charge in [-0.05, 0) is 53.4 Å². The first kappa shape index (κ1) is 14.9. The summed E-state index contributed by atoms with van der Waals surface area (Å²) in [5.74, 6) is -0.448. The lowest BCUT2D eigenvalue weighted by Gasteiger charge is -2.34. The highest BCUT2D eigenvalue weighted by Gasteiger charge is 2.33. The van der Waals surface area contributed by atoms with Crippen molar-refractivity contribution in [1.29, 1.82) is 0 Å². The van der Waals surface area contributed by atoms with Crippen LogP contribution in [0.2, 0.25) is 0 Å². The van der Waals surface area contributed by atoms with E-state index in [9.17, 15) is 12.8 Å². The van der Waals surface area contributed by atoms with E-state index in [4.69, 9.17) is 0 Å². The molecule has 0 radical (unpaired) electrons. The van der Waals surface area contributed by atoms with E-state index >= 15 is 0 Å². The van der Waals surface area contributed by atoms with Gasteiger partial charge in [0.15, 0.2) is 0 Å². The standard InChI is InChI=1S/C13H17BrFNO2S/c1-2-11-5-3-4-8-16(11)19(17,18)13-7-6-10(15)9-12(13)14/h6-7,9,11H,2-5,8H2,1H3. The van der Waals surface area contributed by atoms with Crippen molar-refractivity contribution < 1.29 is 12.8 Å². The highest BCUT2D eigenvalue weighted by Crippen LogP contribution is 2.31. The maximum Gasteiger partial charge on any atom is 0.244 e. The van der Waals surface area contributed by atoms with Gasteiger partial charge in [0.25, 0.3) is 0 Å². The molecule has 1 saturated heterocycles. The quantitative estimate of drug-likeness (QED) is 0.836. The summed E-state index contributed by atoms with van der Waals surface area (Å²) in [5, 5.41) is 0. The van der Waals surface area contributed by atoms with Crippen LogP contribution in [0.15, 0.2) is 27.6 Å². The molecule has 0 spiro atoms. The molecule has 3 nitrogen and oxygen atoms in total. The molecule has 0 saturated carbocycles. The number of sulfonamides is 1. The van der Waals surface area contributed by atoms with Crippen LogP contribution in [0.4, 0.5) is 4.39 Å². The minimum atomic E-state index is -3.55. The zero-order valence-corrected chi connectivity index (χ0v) is 13.2. The van der Waals surface area contributed by atoms with Crippen LogP contribution >= 0.6 is 15.9 Å². The largest absolute Gasteiger partial charge is 0.244 e. The Kier molecular flexibility index (Phi) is 4.63. The Morgan fingerprint density at radius 3 is 2.79 bits per heavy atom. The van der Waals surface area contributed by atoms with Crippen LogP contribution < -0.4 is 0 Å². The van der Waals surface area contributed by atoms with Crippen LogP contribution in [0.25, 0.3) is 0 Å². The van der Waals surface area contributed by atoms with Gasteiger partial charge >= 0.3 is 0 Å². The molecule has 1 fully saturated rings. The molecule has 1 aromatic carbocycles. The fraction of sp³-hybridized carbons (Fsp3) is 0.538. The molecule has 0 aliphatic carbocycles. The van der Waals surface area contributed by atoms with E-state index in [2.05, 4.69) is 15.9 Å². The lowest BCUT2D eigenvalue weighted by molar-refractivity contribution is 0.246. The maximum atomic E-state index is 13.1. The second-order valence-corrected chi connectivity index (χ2v) is 7.46. The molecule has 0 bridgehead atoms. The lowest BCUT2D eigenvalue weighted by atomic mass is 10.0. The molecule has 1 heterocycles. The Morgan fingerprint density at radius 1 is 1.42 bits per heavy atom. The van der Waals surface area contributed by atoms with Crippen molar-refractivity contribution in [3.05, 3.63) is 28.5 Å². The van der Waals surface area contributed by atoms with Gasteiger partial charge in [0.1, 0.15) is 5.82 Å². The molecular formula is C13H17BrFNO2S. The van der Waals surface area contributed by atoms with Gasteiger partial charge in [0.05, 0.1) is 4.90 Å². The fourth-order valence-corrected chi connectivity index (χ4v) is 5.29. The molecule has 1 aromatic rings. The number of halogens is 2. The summed E-state index contributed by atoms with van der Waals surface area (Å²) >= 11 is 3.15. The van der Waals surface area contributed by atoms with Gasteiger partial charge in [0, 0.05) is 17.1 Å². The molecule has 106 valence electrons. The summed E-state index contributed by atoms with van der Waals surface area (Å²) < 4.78 is 40.3. The summed E-state index contributed by atoms with van der Waals surface area (Å²) in [5.41, 5.74) is 0. The Morgan fingerprint density at radius 2 is 2.16 bits per heavy atom. The molecule has 19 heavy (non-hydrogen) atoms. The Balaban J connectivity index is 2.40. The highest BCUT2D eigenvalue weighted by atomic mass is 79.9. The van der Waals surface area contributed by atoms with Crippen LogP contribution in [0.1, 0.15) is 32.6 Å². The van der Waals surface area contributed by atoms with Crippen LogP contribution in [0.5, 0.6) is 0 Å². The topological polar surface area (TPSA) is 37.4 Å². The van der Waals surface area contributed by atoms with Crippen LogP contribution in [-0.4, -0.2) is 25.3 Å². The predicted molar refractivity (Wildman–Crippen MR) is 75.9 cm³/mol. The van der Waals surface area contributed by atoms with Gasteiger partial charge in [0.2, 0.25) is 10.0 Å². The molecule has 2 rings (SSSR count). The number of rotatable bonds is 3. The summed E-state index contributed by atoms with van der Waals surface area (Å²) in [6, 6.07) is 3.76. The molecule has 0 amide bonds. The second kappa shape index (κ2) is 5.89. The molecule has 0 aromatic heterocycles. The number of hydrogen-bond acceptors (Lipinski definition) is 2. The van der Waals surface area contributed by atoms with Crippen molar-refractivity contribution in [3.8, 4) is 0 Å². The van der Waals surface area contributed by atoms with Crippen LogP contribution in [-0.2, 0) is 10.0 Å². The number of benzene rings is 1. The van der Waals surface area contributed by atoms with E-state index in [1.165, 1.54) is 18.2 Å². The van der Waals surface area contributed by atoms with E-state index in [0.717, 1.165) is 25.7 Å². The number of hydrogen-bond donors (Lipinski definition) is 0. The van der Waals surface area contributed by atoms with Gasteiger partial charge < -0.3 is 0 Å². The molecule has 6 heteroatoms. The fourth-order valence-electron chi connectivity index (χ4n) is 2.51. The van der Waals surface area contributed by atoms with Crippen molar-refractivity contribution >= 4 is 26.0 Å². The second-order valence-electron chi connectivity index (χ2n) is 4.75. The van der Waals surface area contributed by atoms with E-state index < -0.39 is 15.8 Å². The van der Waals surface area contributed by atoms with E-state index in [0.29, 0.717) is 6.54 Å². The van der Waals surface area contributed by atoms with Crippen molar-refractivity contribution in [2.45, 2.75) is 43.5 Å². The van der Waals surface area contributed by atoms with Gasteiger partial charge in [-0.25, -0.2) is 12.8 Å². The molecular weight excluding hydrogens is 333 g/mol. The third-order valence-electron chi connectivity index (χ3n) is 3.52. The Hall–Kier alpha value is -0.460. The van der Waals surface area contributed by atoms with Crippen molar-refractivity contribution in [1.82, 2.24) is 4.31 Å². The first-order valence-electron chi connectivity index (χ1n) is 6.43. The summed E-state index contributed by atoms with van der Waals surface area (Å²) in [6.45, 7) is 2.54. The van der Waals surface area contributed by atoms with Crippen LogP contribution in [0.3, 0.4) is 0 Å². The molecule has 1 atom stereocenters. The van der Waals surface area contributed by atoms with Gasteiger partial charge in [-0.2, -0.15) is 4.31 Å². The smallest absolute Gasteiger partial charge is 0.207 e. The summed E-state index contributed by atoms with van der Waals surface area (Å²) in [6.07, 6.45) is 3.65. The SMILES string of the molecule is CCC1CCCCN1S(=O)(=O)c1ccc(F)cc1Br. The number of nitrogens with zero attached hydrogens (tertiary/aromatic N) is 1. The van der Waals surface area contributed by atoms with Crippen molar-refractivity contribution in [2.24, 2.45) is 0 Å². The summed E-state index contributed by atoms with van der Waals surface area (Å²) in [4.78, 5) is 0.147. The van der Waals surface area contributed by atoms with E-state index in [1.54, 1.807) is 4.31 Å². The average molecular weight is 350 g/mol. The first-order chi connectivity index (χ1) is 8.96. The predicted octanol–water partition coefficient (Wildman–Crippen LogP) is 3.54. The Labute approximate surface area is 122 Å². The van der Waals surface area contributed by atoms with Crippen molar-refractivity contribution in [2.75, 3.05) is 6.54 Å². The van der Waals surface area contributed by atoms with E-state index in [-0.39, 0.29) is 15.4 Å². The minimum absolute atomic E-state index is 0.0516. The maximum absolute atomic E-state index is 13.1. The summed E-state index contributed by atoms with van der Waals surface area (Å²) in [7, 11) is -3.55. The average Bonchev–Trinajstić information content (AvgIpc) is 2.38. The molecule has 1 aliphatic heterocycles. The molecule has 1 unspecified atom stereocenters. The van der Waals surface area contributed by atoms with Gasteiger partial charge in [-0.3, -0.25) is 0 Å². The Bertz CT molecular complexity index is 562.